The van der Waals surface area contributed by atoms with Crippen LogP contribution in [0.4, 0.5) is 20.2 Å². The molecule has 0 saturated carbocycles. The van der Waals surface area contributed by atoms with E-state index in [1.54, 1.807) is 0 Å². The molecule has 7 nitrogen and oxygen atoms in total. The van der Waals surface area contributed by atoms with Crippen LogP contribution in [0.25, 0.3) is 0 Å². The van der Waals surface area contributed by atoms with Gasteiger partial charge < -0.3 is 9.64 Å². The fourth-order valence-corrected chi connectivity index (χ4v) is 3.34. The third-order valence-electron chi connectivity index (χ3n) is 4.88. The standard InChI is InChI=1S/C23H29F2N5O2/c1-7-9-29(10-8-14(2)22(31)32-23(4,5)6)20-21-27-15(3)13-26-30(21)19-12-17(25)16(24)11-18(19)28-20/h11-14H,3,7-10H2,1-2,4-6H3. The van der Waals surface area contributed by atoms with E-state index in [9.17, 15) is 13.6 Å². The summed E-state index contributed by atoms with van der Waals surface area (Å²) in [6.07, 6.45) is 2.78. The van der Waals surface area contributed by atoms with Crippen molar-refractivity contribution in [1.82, 2.24) is 4.90 Å². The normalized spacial score (nSPS) is 16.1. The summed E-state index contributed by atoms with van der Waals surface area (Å²) in [7, 11) is 0. The first-order valence-corrected chi connectivity index (χ1v) is 10.7. The lowest BCUT2D eigenvalue weighted by Crippen LogP contribution is -2.47. The third-order valence-corrected chi connectivity index (χ3v) is 4.88. The molecule has 0 saturated heterocycles. The Morgan fingerprint density at radius 3 is 2.56 bits per heavy atom. The van der Waals surface area contributed by atoms with Gasteiger partial charge in [0.25, 0.3) is 0 Å². The van der Waals surface area contributed by atoms with Crippen LogP contribution in [0.15, 0.2) is 39.5 Å². The van der Waals surface area contributed by atoms with E-state index in [0.29, 0.717) is 42.6 Å². The highest BCUT2D eigenvalue weighted by Gasteiger charge is 2.33. The van der Waals surface area contributed by atoms with Crippen LogP contribution in [0.5, 0.6) is 0 Å². The highest BCUT2D eigenvalue weighted by atomic mass is 19.2. The van der Waals surface area contributed by atoms with Gasteiger partial charge in [0, 0.05) is 25.2 Å². The van der Waals surface area contributed by atoms with Gasteiger partial charge in [-0.25, -0.2) is 23.8 Å². The molecule has 0 aliphatic carbocycles. The fourth-order valence-electron chi connectivity index (χ4n) is 3.34. The maximum absolute atomic E-state index is 13.9. The average Bonchev–Trinajstić information content (AvgIpc) is 2.70. The molecule has 0 amide bonds. The van der Waals surface area contributed by atoms with Gasteiger partial charge in [0.1, 0.15) is 5.60 Å². The Morgan fingerprint density at radius 1 is 1.22 bits per heavy atom. The molecule has 0 spiro atoms. The number of allylic oxidation sites excluding steroid dienone is 1. The van der Waals surface area contributed by atoms with Crippen molar-refractivity contribution in [2.45, 2.75) is 53.1 Å². The Bertz CT molecular complexity index is 1010. The van der Waals surface area contributed by atoms with Gasteiger partial charge in [-0.15, -0.1) is 0 Å². The maximum Gasteiger partial charge on any atom is 0.309 e. The molecule has 1 aromatic rings. The van der Waals surface area contributed by atoms with Crippen molar-refractivity contribution < 1.29 is 18.3 Å². The molecule has 0 fully saturated rings. The molecule has 1 aromatic carbocycles. The second kappa shape index (κ2) is 9.18. The summed E-state index contributed by atoms with van der Waals surface area (Å²) < 4.78 is 33.3. The number of hydrogen-bond acceptors (Lipinski definition) is 7. The first-order chi connectivity index (χ1) is 15.0. The second-order valence-electron chi connectivity index (χ2n) is 8.88. The Kier molecular flexibility index (Phi) is 6.76. The Labute approximate surface area is 187 Å². The molecule has 1 unspecified atom stereocenters. The SMILES string of the molecule is C=C1C=NN2C(=N1)C(N(CCC)CCC(C)C(=O)OC(C)(C)C)=Nc1cc(F)c(F)cc12. The maximum atomic E-state index is 13.9. The minimum atomic E-state index is -0.988. The summed E-state index contributed by atoms with van der Waals surface area (Å²) in [5.41, 5.74) is 0.423. The zero-order chi connectivity index (χ0) is 23.6. The van der Waals surface area contributed by atoms with Crippen LogP contribution in [-0.2, 0) is 9.53 Å². The van der Waals surface area contributed by atoms with E-state index in [-0.39, 0.29) is 17.6 Å². The number of carbonyl (C=O) groups is 1. The summed E-state index contributed by atoms with van der Waals surface area (Å²) in [5, 5.41) is 5.75. The van der Waals surface area contributed by atoms with Crippen LogP contribution in [-0.4, -0.2) is 47.4 Å². The predicted octanol–water partition coefficient (Wildman–Crippen LogP) is 4.81. The molecule has 2 aliphatic rings. The van der Waals surface area contributed by atoms with E-state index in [1.165, 1.54) is 11.2 Å². The van der Waals surface area contributed by atoms with E-state index in [2.05, 4.69) is 21.7 Å². The van der Waals surface area contributed by atoms with Gasteiger partial charge in [0.15, 0.2) is 23.3 Å². The third kappa shape index (κ3) is 5.20. The number of esters is 1. The summed E-state index contributed by atoms with van der Waals surface area (Å²) in [4.78, 5) is 23.4. The van der Waals surface area contributed by atoms with Crippen molar-refractivity contribution in [2.24, 2.45) is 21.0 Å². The number of nitrogens with zero attached hydrogens (tertiary/aromatic N) is 5. The molecule has 2 heterocycles. The Balaban J connectivity index is 1.92. The zero-order valence-corrected chi connectivity index (χ0v) is 19.2. The quantitative estimate of drug-likeness (QED) is 0.590. The highest BCUT2D eigenvalue weighted by molar-refractivity contribution is 6.48. The number of amidine groups is 2. The Hall–Kier alpha value is -3.10. The van der Waals surface area contributed by atoms with E-state index >= 15 is 0 Å². The molecule has 172 valence electrons. The molecule has 3 rings (SSSR count). The van der Waals surface area contributed by atoms with Crippen LogP contribution < -0.4 is 5.01 Å². The average molecular weight is 446 g/mol. The molecule has 2 aliphatic heterocycles. The first kappa shape index (κ1) is 23.6. The van der Waals surface area contributed by atoms with Crippen molar-refractivity contribution in [3.8, 4) is 0 Å². The predicted molar refractivity (Wildman–Crippen MR) is 122 cm³/mol. The number of aliphatic imine (C=N–C) groups is 2. The molecule has 32 heavy (non-hydrogen) atoms. The van der Waals surface area contributed by atoms with E-state index in [0.717, 1.165) is 18.6 Å². The summed E-state index contributed by atoms with van der Waals surface area (Å²) >= 11 is 0. The highest BCUT2D eigenvalue weighted by Crippen LogP contribution is 2.37. The molecular weight excluding hydrogens is 416 g/mol. The number of benzene rings is 1. The monoisotopic (exact) mass is 445 g/mol. The van der Waals surface area contributed by atoms with Crippen LogP contribution in [0.3, 0.4) is 0 Å². The topological polar surface area (TPSA) is 69.9 Å². The number of fused-ring (bicyclic) bond motifs is 3. The number of carbonyl (C=O) groups excluding carboxylic acids is 1. The zero-order valence-electron chi connectivity index (χ0n) is 19.2. The van der Waals surface area contributed by atoms with Gasteiger partial charge in [-0.1, -0.05) is 20.4 Å². The number of ether oxygens (including phenoxy) is 1. The van der Waals surface area contributed by atoms with Crippen LogP contribution in [0.1, 0.15) is 47.5 Å². The lowest BCUT2D eigenvalue weighted by atomic mass is 10.1. The number of rotatable bonds is 6. The van der Waals surface area contributed by atoms with Gasteiger partial charge >= 0.3 is 5.97 Å². The molecule has 0 radical (unpaired) electrons. The van der Waals surface area contributed by atoms with Gasteiger partial charge in [-0.3, -0.25) is 4.79 Å². The fraction of sp³-hybridized carbons (Fsp3) is 0.478. The molecule has 9 heteroatoms. The minimum absolute atomic E-state index is 0.254. The van der Waals surface area contributed by atoms with Gasteiger partial charge in [0.05, 0.1) is 29.2 Å². The number of hydrazone groups is 1. The summed E-state index contributed by atoms with van der Waals surface area (Å²) in [6, 6.07) is 2.11. The molecule has 0 bridgehead atoms. The van der Waals surface area contributed by atoms with Crippen LogP contribution in [0, 0.1) is 17.6 Å². The van der Waals surface area contributed by atoms with Crippen molar-refractivity contribution in [1.29, 1.82) is 0 Å². The second-order valence-corrected chi connectivity index (χ2v) is 8.88. The smallest absolute Gasteiger partial charge is 0.309 e. The van der Waals surface area contributed by atoms with Gasteiger partial charge in [-0.05, 0) is 33.6 Å². The number of hydrogen-bond donors (Lipinski definition) is 0. The number of halogens is 2. The van der Waals surface area contributed by atoms with Crippen molar-refractivity contribution >= 4 is 35.2 Å². The lowest BCUT2D eigenvalue weighted by molar-refractivity contribution is -0.159. The largest absolute Gasteiger partial charge is 0.460 e. The Morgan fingerprint density at radius 2 is 1.91 bits per heavy atom. The van der Waals surface area contributed by atoms with E-state index in [4.69, 9.17) is 4.74 Å². The van der Waals surface area contributed by atoms with Crippen LogP contribution in [0.2, 0.25) is 0 Å². The first-order valence-electron chi connectivity index (χ1n) is 10.7. The number of anilines is 1. The summed E-state index contributed by atoms with van der Waals surface area (Å²) in [6.45, 7) is 14.3. The van der Waals surface area contributed by atoms with Gasteiger partial charge in [-0.2, -0.15) is 5.10 Å². The molecule has 0 N–H and O–H groups in total. The van der Waals surface area contributed by atoms with Crippen LogP contribution >= 0.6 is 0 Å². The van der Waals surface area contributed by atoms with Crippen molar-refractivity contribution in [3.63, 3.8) is 0 Å². The lowest BCUT2D eigenvalue weighted by Gasteiger charge is -2.35. The van der Waals surface area contributed by atoms with Crippen molar-refractivity contribution in [2.75, 3.05) is 18.1 Å². The molecular formula is C23H29F2N5O2. The van der Waals surface area contributed by atoms with E-state index in [1.807, 2.05) is 39.5 Å². The van der Waals surface area contributed by atoms with Crippen molar-refractivity contribution in [3.05, 3.63) is 36.0 Å². The minimum Gasteiger partial charge on any atom is -0.460 e. The molecule has 1 atom stereocenters. The summed E-state index contributed by atoms with van der Waals surface area (Å²) in [5.74, 6) is -1.71. The van der Waals surface area contributed by atoms with Gasteiger partial charge in [0.2, 0.25) is 0 Å². The molecule has 0 aromatic heterocycles. The van der Waals surface area contributed by atoms with E-state index < -0.39 is 17.2 Å².